The number of allylic oxidation sites excluding steroid dienone is 1. The number of nitrogens with zero attached hydrogens (tertiary/aromatic N) is 3. The summed E-state index contributed by atoms with van der Waals surface area (Å²) in [4.78, 5) is 18.6. The molecule has 5 aromatic rings. The van der Waals surface area contributed by atoms with E-state index in [0.29, 0.717) is 36.9 Å². The van der Waals surface area contributed by atoms with Crippen LogP contribution in [0.25, 0.3) is 16.5 Å². The summed E-state index contributed by atoms with van der Waals surface area (Å²) in [7, 11) is -4.27. The van der Waals surface area contributed by atoms with E-state index in [4.69, 9.17) is 30.5 Å². The summed E-state index contributed by atoms with van der Waals surface area (Å²) in [5.41, 5.74) is 6.73. The quantitative estimate of drug-likeness (QED) is 0.127. The number of aromatic nitrogens is 2. The molecule has 3 heterocycles. The van der Waals surface area contributed by atoms with Gasteiger partial charge in [0.1, 0.15) is 30.0 Å². The number of nitrogens with one attached hydrogen (secondary N) is 2. The number of halogens is 1. The fourth-order valence-corrected chi connectivity index (χ4v) is 9.21. The third-order valence-corrected chi connectivity index (χ3v) is 13.0. The third kappa shape index (κ3) is 9.60. The van der Waals surface area contributed by atoms with Gasteiger partial charge in [-0.15, -0.1) is 0 Å². The molecule has 1 unspecified atom stereocenters. The SMILES string of the molecule is Cc1cc(S(=O)(=O)NC(=O)c2ccc(N3CCN(CC4=C(c5ccc(Cl)cc5)CC(C)(C)CC4)CC3)cc2Oc2cccc3[nH]ncc23)ccc1OCC1COCCO1. The Morgan fingerprint density at radius 1 is 0.983 bits per heavy atom. The molecule has 3 aliphatic rings. The zero-order chi connectivity index (χ0) is 41.1. The second-order valence-corrected chi connectivity index (χ2v) is 18.4. The molecule has 59 heavy (non-hydrogen) atoms. The number of anilines is 1. The highest BCUT2D eigenvalue weighted by molar-refractivity contribution is 7.90. The Bertz CT molecular complexity index is 2450. The largest absolute Gasteiger partial charge is 0.491 e. The van der Waals surface area contributed by atoms with Crippen LogP contribution in [-0.2, 0) is 19.5 Å². The molecular formula is C45H50ClN5O7S. The number of aryl methyl sites for hydroxylation is 1. The highest BCUT2D eigenvalue weighted by Gasteiger charge is 2.30. The van der Waals surface area contributed by atoms with E-state index in [9.17, 15) is 13.2 Å². The van der Waals surface area contributed by atoms with E-state index >= 15 is 0 Å². The van der Waals surface area contributed by atoms with E-state index in [-0.39, 0.29) is 34.3 Å². The molecule has 1 aliphatic carbocycles. The zero-order valence-electron chi connectivity index (χ0n) is 33.6. The lowest BCUT2D eigenvalue weighted by Crippen LogP contribution is -2.47. The minimum Gasteiger partial charge on any atom is -0.491 e. The topological polar surface area (TPSA) is 135 Å². The number of ether oxygens (including phenoxy) is 4. The van der Waals surface area contributed by atoms with Crippen molar-refractivity contribution in [3.63, 3.8) is 0 Å². The lowest BCUT2D eigenvalue weighted by atomic mass is 9.72. The molecule has 12 nitrogen and oxygen atoms in total. The van der Waals surface area contributed by atoms with Crippen molar-refractivity contribution in [2.75, 3.05) is 64.1 Å². The molecule has 2 N–H and O–H groups in total. The maximum Gasteiger partial charge on any atom is 0.268 e. The van der Waals surface area contributed by atoms with Crippen LogP contribution in [0.1, 0.15) is 54.6 Å². The molecule has 0 saturated carbocycles. The second-order valence-electron chi connectivity index (χ2n) is 16.3. The van der Waals surface area contributed by atoms with Gasteiger partial charge < -0.3 is 23.8 Å². The first kappa shape index (κ1) is 40.8. The molecule has 2 saturated heterocycles. The Kier molecular flexibility index (Phi) is 12.0. The number of hydrogen-bond donors (Lipinski definition) is 2. The Morgan fingerprint density at radius 2 is 1.80 bits per heavy atom. The van der Waals surface area contributed by atoms with Crippen LogP contribution in [0.3, 0.4) is 0 Å². The number of aromatic amines is 1. The summed E-state index contributed by atoms with van der Waals surface area (Å²) in [5.74, 6) is 0.404. The van der Waals surface area contributed by atoms with Crippen LogP contribution >= 0.6 is 11.6 Å². The van der Waals surface area contributed by atoms with E-state index in [1.807, 2.05) is 36.4 Å². The average Bonchev–Trinajstić information content (AvgIpc) is 3.72. The van der Waals surface area contributed by atoms with Crippen molar-refractivity contribution in [2.45, 2.75) is 51.0 Å². The number of H-pyrrole nitrogens is 1. The summed E-state index contributed by atoms with van der Waals surface area (Å²) in [6.07, 6.45) is 4.72. The number of hydrogen-bond acceptors (Lipinski definition) is 10. The zero-order valence-corrected chi connectivity index (χ0v) is 35.2. The number of carbonyl (C=O) groups is 1. The first-order valence-electron chi connectivity index (χ1n) is 20.1. The van der Waals surface area contributed by atoms with Gasteiger partial charge in [0, 0.05) is 49.5 Å². The normalized spacial score (nSPS) is 18.8. The summed E-state index contributed by atoms with van der Waals surface area (Å²) < 4.78 is 53.0. The summed E-state index contributed by atoms with van der Waals surface area (Å²) >= 11 is 6.25. The number of carbonyl (C=O) groups excluding carboxylic acids is 1. The minimum absolute atomic E-state index is 0.0685. The van der Waals surface area contributed by atoms with E-state index in [1.54, 1.807) is 31.3 Å². The van der Waals surface area contributed by atoms with Crippen molar-refractivity contribution >= 4 is 49.7 Å². The molecule has 0 spiro atoms. The van der Waals surface area contributed by atoms with Crippen LogP contribution in [-0.4, -0.2) is 94.7 Å². The van der Waals surface area contributed by atoms with Crippen LogP contribution in [0.4, 0.5) is 5.69 Å². The van der Waals surface area contributed by atoms with Gasteiger partial charge in [-0.2, -0.15) is 5.10 Å². The Labute approximate surface area is 350 Å². The minimum atomic E-state index is -4.27. The molecule has 0 bridgehead atoms. The predicted octanol–water partition coefficient (Wildman–Crippen LogP) is 8.02. The van der Waals surface area contributed by atoms with Gasteiger partial charge >= 0.3 is 0 Å². The predicted molar refractivity (Wildman–Crippen MR) is 229 cm³/mol. The Hall–Kier alpha value is -4.92. The summed E-state index contributed by atoms with van der Waals surface area (Å²) in [5, 5.41) is 8.58. The highest BCUT2D eigenvalue weighted by atomic mass is 35.5. The van der Waals surface area contributed by atoms with Crippen LogP contribution in [0.2, 0.25) is 5.02 Å². The van der Waals surface area contributed by atoms with Gasteiger partial charge in [-0.05, 0) is 103 Å². The lowest BCUT2D eigenvalue weighted by molar-refractivity contribution is -0.101. The fraction of sp³-hybridized carbons (Fsp3) is 0.378. The van der Waals surface area contributed by atoms with Gasteiger partial charge in [-0.1, -0.05) is 49.2 Å². The fourth-order valence-electron chi connectivity index (χ4n) is 8.03. The highest BCUT2D eigenvalue weighted by Crippen LogP contribution is 2.43. The van der Waals surface area contributed by atoms with Crippen LogP contribution in [0, 0.1) is 12.3 Å². The maximum atomic E-state index is 13.9. The standard InChI is InChI=1S/C45H50ClN5O7S/c1-30-23-36(12-14-41(30)57-29-35-28-55-21-22-56-35)59(53,54)49-44(52)37-13-11-34(24-43(37)58-42-6-4-5-40-39(42)26-47-48-40)51-19-17-50(18-20-51)27-32-15-16-45(2,3)25-38(32)31-7-9-33(46)10-8-31/h4-14,23-24,26,35H,15-22,25,27-29H2,1-3H3,(H,47,48)(H,49,52). The van der Waals surface area contributed by atoms with Gasteiger partial charge in [-0.25, -0.2) is 13.1 Å². The molecular weight excluding hydrogens is 790 g/mol. The molecule has 2 aliphatic heterocycles. The smallest absolute Gasteiger partial charge is 0.268 e. The van der Waals surface area contributed by atoms with Gasteiger partial charge in [0.25, 0.3) is 15.9 Å². The molecule has 8 rings (SSSR count). The molecule has 310 valence electrons. The van der Waals surface area contributed by atoms with Gasteiger partial charge in [0.05, 0.1) is 47.4 Å². The van der Waals surface area contributed by atoms with Gasteiger partial charge in [0.2, 0.25) is 0 Å². The van der Waals surface area contributed by atoms with E-state index in [1.165, 1.54) is 28.8 Å². The first-order chi connectivity index (χ1) is 28.4. The Morgan fingerprint density at radius 3 is 2.56 bits per heavy atom. The molecule has 2 fully saturated rings. The van der Waals surface area contributed by atoms with E-state index in [2.05, 4.69) is 50.7 Å². The molecule has 4 aromatic carbocycles. The van der Waals surface area contributed by atoms with Crippen molar-refractivity contribution in [1.82, 2.24) is 19.8 Å². The monoisotopic (exact) mass is 839 g/mol. The number of sulfonamides is 1. The number of amides is 1. The molecule has 14 heteroatoms. The Balaban J connectivity index is 0.993. The van der Waals surface area contributed by atoms with Crippen molar-refractivity contribution in [2.24, 2.45) is 5.41 Å². The van der Waals surface area contributed by atoms with Crippen LogP contribution < -0.4 is 19.1 Å². The first-order valence-corrected chi connectivity index (χ1v) is 21.9. The summed E-state index contributed by atoms with van der Waals surface area (Å²) in [6, 6.07) is 23.5. The van der Waals surface area contributed by atoms with Gasteiger partial charge in [0.15, 0.2) is 0 Å². The number of rotatable bonds is 12. The van der Waals surface area contributed by atoms with E-state index < -0.39 is 15.9 Å². The number of fused-ring (bicyclic) bond motifs is 1. The molecule has 0 radical (unpaired) electrons. The lowest BCUT2D eigenvalue weighted by Gasteiger charge is -2.39. The van der Waals surface area contributed by atoms with Crippen molar-refractivity contribution in [3.8, 4) is 17.2 Å². The molecule has 1 amide bonds. The van der Waals surface area contributed by atoms with Crippen molar-refractivity contribution < 1.29 is 32.2 Å². The number of benzene rings is 4. The third-order valence-electron chi connectivity index (χ3n) is 11.4. The molecule has 1 aromatic heterocycles. The van der Waals surface area contributed by atoms with Crippen LogP contribution in [0.5, 0.6) is 17.2 Å². The summed E-state index contributed by atoms with van der Waals surface area (Å²) in [6.45, 7) is 12.4. The maximum absolute atomic E-state index is 13.9. The number of piperazine rings is 1. The van der Waals surface area contributed by atoms with Crippen molar-refractivity contribution in [3.05, 3.63) is 112 Å². The van der Waals surface area contributed by atoms with Crippen molar-refractivity contribution in [1.29, 1.82) is 0 Å². The second kappa shape index (κ2) is 17.4. The van der Waals surface area contributed by atoms with Gasteiger partial charge in [-0.3, -0.25) is 14.8 Å². The van der Waals surface area contributed by atoms with Crippen LogP contribution in [0.15, 0.2) is 95.5 Å². The average molecular weight is 840 g/mol. The molecule has 1 atom stereocenters. The van der Waals surface area contributed by atoms with E-state index in [0.717, 1.165) is 73.6 Å².